The molecule has 2 amide bonds. The van der Waals surface area contributed by atoms with Crippen LogP contribution in [0.5, 0.6) is 0 Å². The van der Waals surface area contributed by atoms with Gasteiger partial charge in [0.1, 0.15) is 11.5 Å². The molecule has 3 rings (SSSR count). The molecule has 8 heteroatoms. The molecular formula is C19H14ClFN4O2. The molecular weight excluding hydrogens is 371 g/mol. The van der Waals surface area contributed by atoms with E-state index in [1.807, 2.05) is 6.07 Å². The molecule has 0 saturated heterocycles. The normalized spacial score (nSPS) is 10.3. The number of pyridine rings is 2. The van der Waals surface area contributed by atoms with Crippen LogP contribution in [0.4, 0.5) is 10.1 Å². The van der Waals surface area contributed by atoms with E-state index in [4.69, 9.17) is 11.6 Å². The van der Waals surface area contributed by atoms with E-state index < -0.39 is 11.7 Å². The van der Waals surface area contributed by atoms with Gasteiger partial charge in [-0.25, -0.2) is 4.39 Å². The van der Waals surface area contributed by atoms with Gasteiger partial charge in [0, 0.05) is 23.6 Å². The molecule has 0 spiro atoms. The third-order valence-electron chi connectivity index (χ3n) is 3.59. The zero-order chi connectivity index (χ0) is 19.2. The van der Waals surface area contributed by atoms with Crippen LogP contribution in [0, 0.1) is 5.82 Å². The number of carbonyl (C=O) groups excluding carboxylic acids is 2. The lowest BCUT2D eigenvalue weighted by atomic mass is 10.2. The summed E-state index contributed by atoms with van der Waals surface area (Å²) in [5.41, 5.74) is 1.36. The van der Waals surface area contributed by atoms with Gasteiger partial charge in [0.2, 0.25) is 0 Å². The summed E-state index contributed by atoms with van der Waals surface area (Å²) in [4.78, 5) is 32.7. The van der Waals surface area contributed by atoms with E-state index in [0.717, 1.165) is 6.07 Å². The Morgan fingerprint density at radius 3 is 2.59 bits per heavy atom. The van der Waals surface area contributed by atoms with Crippen molar-refractivity contribution in [3.8, 4) is 0 Å². The van der Waals surface area contributed by atoms with Crippen molar-refractivity contribution in [1.29, 1.82) is 0 Å². The van der Waals surface area contributed by atoms with E-state index in [9.17, 15) is 14.0 Å². The smallest absolute Gasteiger partial charge is 0.274 e. The average Bonchev–Trinajstić information content (AvgIpc) is 2.70. The predicted octanol–water partition coefficient (Wildman–Crippen LogP) is 3.45. The van der Waals surface area contributed by atoms with Gasteiger partial charge >= 0.3 is 0 Å². The van der Waals surface area contributed by atoms with Gasteiger partial charge in [-0.1, -0.05) is 17.7 Å². The number of hydrogen-bond donors (Lipinski definition) is 2. The van der Waals surface area contributed by atoms with Gasteiger partial charge in [-0.3, -0.25) is 19.6 Å². The highest BCUT2D eigenvalue weighted by Crippen LogP contribution is 2.19. The number of amides is 2. The summed E-state index contributed by atoms with van der Waals surface area (Å²) < 4.78 is 13.2. The number of carbonyl (C=O) groups is 2. The molecule has 0 fully saturated rings. The molecule has 0 saturated carbocycles. The molecule has 0 bridgehead atoms. The van der Waals surface area contributed by atoms with E-state index in [-0.39, 0.29) is 28.7 Å². The van der Waals surface area contributed by atoms with E-state index >= 15 is 0 Å². The minimum atomic E-state index is -0.584. The highest BCUT2D eigenvalue weighted by Gasteiger charge is 2.13. The molecule has 0 radical (unpaired) electrons. The molecule has 6 nitrogen and oxygen atoms in total. The number of hydrogen-bond acceptors (Lipinski definition) is 4. The van der Waals surface area contributed by atoms with E-state index in [1.165, 1.54) is 30.5 Å². The quantitative estimate of drug-likeness (QED) is 0.705. The van der Waals surface area contributed by atoms with Crippen molar-refractivity contribution in [3.63, 3.8) is 0 Å². The van der Waals surface area contributed by atoms with E-state index in [2.05, 4.69) is 20.6 Å². The second-order valence-electron chi connectivity index (χ2n) is 5.52. The van der Waals surface area contributed by atoms with Crippen LogP contribution >= 0.6 is 11.6 Å². The zero-order valence-corrected chi connectivity index (χ0v) is 14.7. The first kappa shape index (κ1) is 18.5. The number of aromatic nitrogens is 2. The fourth-order valence-corrected chi connectivity index (χ4v) is 2.42. The molecule has 3 aromatic rings. The average molecular weight is 385 g/mol. The fraction of sp³-hybridized carbons (Fsp3) is 0.0526. The zero-order valence-electron chi connectivity index (χ0n) is 13.9. The highest BCUT2D eigenvalue weighted by molar-refractivity contribution is 6.31. The van der Waals surface area contributed by atoms with Crippen molar-refractivity contribution in [2.24, 2.45) is 0 Å². The Bertz CT molecular complexity index is 982. The summed E-state index contributed by atoms with van der Waals surface area (Å²) >= 11 is 5.70. The first-order valence-electron chi connectivity index (χ1n) is 7.93. The molecule has 0 unspecified atom stereocenters. The van der Waals surface area contributed by atoms with Crippen LogP contribution in [-0.4, -0.2) is 21.8 Å². The Hall–Kier alpha value is -3.32. The molecule has 27 heavy (non-hydrogen) atoms. The van der Waals surface area contributed by atoms with Gasteiger partial charge in [0.25, 0.3) is 11.8 Å². The van der Waals surface area contributed by atoms with Crippen LogP contribution in [0.25, 0.3) is 0 Å². The molecule has 136 valence electrons. The summed E-state index contributed by atoms with van der Waals surface area (Å²) in [5.74, 6) is -1.49. The number of rotatable bonds is 5. The Labute approximate surface area is 159 Å². The predicted molar refractivity (Wildman–Crippen MR) is 99.0 cm³/mol. The largest absolute Gasteiger partial charge is 0.346 e. The molecule has 0 aliphatic heterocycles. The summed E-state index contributed by atoms with van der Waals surface area (Å²) in [5, 5.41) is 5.17. The second-order valence-corrected chi connectivity index (χ2v) is 5.92. The standard InChI is InChI=1S/C19H14ClFN4O2/c20-15-10-13(4-5-16(15)21)25-19(27)17-9-12(6-8-23-17)18(26)24-11-14-3-1-2-7-22-14/h1-10H,11H2,(H,24,26)(H,25,27). The maximum atomic E-state index is 13.2. The van der Waals surface area contributed by atoms with Crippen molar-refractivity contribution in [1.82, 2.24) is 15.3 Å². The number of nitrogens with one attached hydrogen (secondary N) is 2. The van der Waals surface area contributed by atoms with E-state index in [0.29, 0.717) is 11.4 Å². The van der Waals surface area contributed by atoms with Crippen LogP contribution in [-0.2, 0) is 6.54 Å². The van der Waals surface area contributed by atoms with Crippen molar-refractivity contribution >= 4 is 29.1 Å². The second kappa shape index (κ2) is 8.37. The first-order valence-corrected chi connectivity index (χ1v) is 8.31. The fourth-order valence-electron chi connectivity index (χ4n) is 2.24. The summed E-state index contributed by atoms with van der Waals surface area (Å²) in [6.07, 6.45) is 3.00. The molecule has 0 aliphatic rings. The van der Waals surface area contributed by atoms with Gasteiger partial charge in [0.05, 0.1) is 17.3 Å². The van der Waals surface area contributed by atoms with Gasteiger partial charge in [0.15, 0.2) is 0 Å². The van der Waals surface area contributed by atoms with Crippen molar-refractivity contribution in [3.05, 3.63) is 88.7 Å². The SMILES string of the molecule is O=C(NCc1ccccn1)c1ccnc(C(=O)Nc2ccc(F)c(Cl)c2)c1. The van der Waals surface area contributed by atoms with Crippen molar-refractivity contribution in [2.75, 3.05) is 5.32 Å². The van der Waals surface area contributed by atoms with Crippen LogP contribution in [0.2, 0.25) is 5.02 Å². The lowest BCUT2D eigenvalue weighted by Crippen LogP contribution is -2.24. The monoisotopic (exact) mass is 384 g/mol. The van der Waals surface area contributed by atoms with Crippen LogP contribution in [0.15, 0.2) is 60.9 Å². The van der Waals surface area contributed by atoms with Crippen LogP contribution < -0.4 is 10.6 Å². The number of benzene rings is 1. The molecule has 1 aromatic carbocycles. The molecule has 0 aliphatic carbocycles. The van der Waals surface area contributed by atoms with Crippen LogP contribution in [0.1, 0.15) is 26.5 Å². The topological polar surface area (TPSA) is 84.0 Å². The Morgan fingerprint density at radius 2 is 1.85 bits per heavy atom. The summed E-state index contributed by atoms with van der Waals surface area (Å²) in [6, 6.07) is 12.1. The third-order valence-corrected chi connectivity index (χ3v) is 3.88. The molecule has 2 N–H and O–H groups in total. The number of halogens is 2. The molecule has 2 heterocycles. The highest BCUT2D eigenvalue weighted by atomic mass is 35.5. The minimum Gasteiger partial charge on any atom is -0.346 e. The first-order chi connectivity index (χ1) is 13.0. The van der Waals surface area contributed by atoms with Crippen molar-refractivity contribution in [2.45, 2.75) is 6.54 Å². The molecule has 2 aromatic heterocycles. The van der Waals surface area contributed by atoms with Crippen LogP contribution in [0.3, 0.4) is 0 Å². The maximum absolute atomic E-state index is 13.2. The summed E-state index contributed by atoms with van der Waals surface area (Å²) in [7, 11) is 0. The Morgan fingerprint density at radius 1 is 1.00 bits per heavy atom. The van der Waals surface area contributed by atoms with E-state index in [1.54, 1.807) is 18.3 Å². The lowest BCUT2D eigenvalue weighted by molar-refractivity contribution is 0.0950. The Kier molecular flexibility index (Phi) is 5.73. The number of nitrogens with zero attached hydrogens (tertiary/aromatic N) is 2. The number of anilines is 1. The molecule has 0 atom stereocenters. The van der Waals surface area contributed by atoms with Crippen molar-refractivity contribution < 1.29 is 14.0 Å². The minimum absolute atomic E-state index is 0.0425. The Balaban J connectivity index is 1.67. The van der Waals surface area contributed by atoms with Gasteiger partial charge < -0.3 is 10.6 Å². The van der Waals surface area contributed by atoms with Gasteiger partial charge in [-0.15, -0.1) is 0 Å². The summed E-state index contributed by atoms with van der Waals surface area (Å²) in [6.45, 7) is 0.262. The third kappa shape index (κ3) is 4.86. The van der Waals surface area contributed by atoms with Gasteiger partial charge in [-0.2, -0.15) is 0 Å². The van der Waals surface area contributed by atoms with Gasteiger partial charge in [-0.05, 0) is 42.5 Å². The lowest BCUT2D eigenvalue weighted by Gasteiger charge is -2.08. The maximum Gasteiger partial charge on any atom is 0.274 e.